The summed E-state index contributed by atoms with van der Waals surface area (Å²) in [5, 5.41) is 20.6. The van der Waals surface area contributed by atoms with E-state index in [1.54, 1.807) is 4.98 Å². The quantitative estimate of drug-likeness (QED) is 0.154. The van der Waals surface area contributed by atoms with Crippen molar-refractivity contribution in [3.8, 4) is 0 Å². The number of aromatic nitrogens is 2. The number of nitrogens with zero attached hydrogens (tertiary/aromatic N) is 1. The second-order valence-corrected chi connectivity index (χ2v) is 15.1. The molecule has 4 aliphatic rings. The third-order valence-electron chi connectivity index (χ3n) is 12.5. The number of aliphatic hydroxyl groups excluding tert-OH is 1. The van der Waals surface area contributed by atoms with Gasteiger partial charge in [0, 0.05) is 5.41 Å². The number of hydrogen-bond donors (Lipinski definition) is 3. The molecule has 16 nitrogen and oxygen atoms in total. The molecule has 298 valence electrons. The first-order valence-electron chi connectivity index (χ1n) is 18.5. The minimum atomic E-state index is -1.62. The summed E-state index contributed by atoms with van der Waals surface area (Å²) in [5.74, 6) is -0.598. The molecule has 0 spiro atoms. The van der Waals surface area contributed by atoms with Gasteiger partial charge in [0.25, 0.3) is 5.56 Å². The Bertz CT molecular complexity index is 1550. The molecule has 0 aliphatic heterocycles. The van der Waals surface area contributed by atoms with Crippen LogP contribution in [0.3, 0.4) is 0 Å². The van der Waals surface area contributed by atoms with Crippen LogP contribution < -0.4 is 11.2 Å². The minimum absolute atomic E-state index is 0.0152. The number of Topliss-reactive ketones (excluding diaryl/α,β-unsaturated/α-hetero) is 1. The van der Waals surface area contributed by atoms with E-state index in [4.69, 9.17) is 38.3 Å². The van der Waals surface area contributed by atoms with Gasteiger partial charge >= 0.3 is 18.0 Å². The van der Waals surface area contributed by atoms with Gasteiger partial charge in [-0.1, -0.05) is 13.8 Å². The Balaban J connectivity index is 1.05. The largest absolute Gasteiger partial charge is 0.510 e. The van der Waals surface area contributed by atoms with E-state index in [1.165, 1.54) is 0 Å². The molecule has 53 heavy (non-hydrogen) atoms. The van der Waals surface area contributed by atoms with Crippen molar-refractivity contribution in [2.45, 2.75) is 90.1 Å². The Morgan fingerprint density at radius 3 is 2.25 bits per heavy atom. The maximum Gasteiger partial charge on any atom is 0.510 e. The monoisotopic (exact) mass is 756 g/mol. The third-order valence-corrected chi connectivity index (χ3v) is 12.5. The number of ketones is 1. The van der Waals surface area contributed by atoms with E-state index in [0.29, 0.717) is 75.9 Å². The second-order valence-electron chi connectivity index (χ2n) is 15.1. The second kappa shape index (κ2) is 17.8. The van der Waals surface area contributed by atoms with Crippen molar-refractivity contribution in [1.29, 1.82) is 0 Å². The first kappa shape index (κ1) is 40.8. The predicted molar refractivity (Wildman–Crippen MR) is 181 cm³/mol. The molecule has 4 aliphatic carbocycles. The molecule has 17 heteroatoms. The summed E-state index contributed by atoms with van der Waals surface area (Å²) in [5.41, 5.74) is -4.37. The van der Waals surface area contributed by atoms with Crippen molar-refractivity contribution >= 4 is 18.1 Å². The van der Waals surface area contributed by atoms with Gasteiger partial charge < -0.3 is 43.4 Å². The number of aliphatic hydroxyl groups is 2. The van der Waals surface area contributed by atoms with Gasteiger partial charge in [-0.3, -0.25) is 19.1 Å². The fraction of sp³-hybridized carbons (Fsp3) is 0.806. The molecule has 1 aromatic rings. The molecule has 0 amide bonds. The number of carbonyl (C=O) groups is 3. The van der Waals surface area contributed by atoms with E-state index >= 15 is 0 Å². The molecule has 5 rings (SSSR count). The highest BCUT2D eigenvalue weighted by Gasteiger charge is 2.66. The van der Waals surface area contributed by atoms with Crippen LogP contribution in [0.15, 0.2) is 15.8 Å². The SMILES string of the molecule is CC12CC[C@@H](OC(=O)OCn3cc(F)c(=O)[nH]c3=O)C[C@H]1CCC1C2CCC2(C)C1CC[C@]2(O)C(=O)COC(=O)OCCOCCOCCOCCO. The Morgan fingerprint density at radius 1 is 0.849 bits per heavy atom. The van der Waals surface area contributed by atoms with E-state index in [-0.39, 0.29) is 50.5 Å². The van der Waals surface area contributed by atoms with Crippen LogP contribution in [0.1, 0.15) is 71.6 Å². The summed E-state index contributed by atoms with van der Waals surface area (Å²) in [6, 6.07) is 0. The third kappa shape index (κ3) is 9.12. The van der Waals surface area contributed by atoms with Crippen LogP contribution in [-0.4, -0.2) is 109 Å². The standard InChI is InChI=1S/C36H53FN2O14/c1-34-8-5-24(53-33(45)52-22-39-20-28(37)30(42)38-31(39)43)19-23(34)3-4-25-26(34)6-9-35(2)27(25)7-10-36(35,46)29(41)21-51-32(44)50-18-17-49-16-15-48-14-13-47-12-11-40/h20,23-27,40,46H,3-19,21-22H2,1-2H3,(H,38,42,43)/t23-,24-,25?,26?,27?,34?,35?,36+/m1/s1. The molecule has 8 atom stereocenters. The van der Waals surface area contributed by atoms with E-state index in [0.717, 1.165) is 30.3 Å². The number of ether oxygens (including phenoxy) is 7. The van der Waals surface area contributed by atoms with Gasteiger partial charge in [0.1, 0.15) is 18.3 Å². The summed E-state index contributed by atoms with van der Waals surface area (Å²) in [6.07, 6.45) is 4.72. The summed E-state index contributed by atoms with van der Waals surface area (Å²) in [4.78, 5) is 63.1. The number of carbonyl (C=O) groups excluding carboxylic acids is 3. The van der Waals surface area contributed by atoms with Gasteiger partial charge in [0.15, 0.2) is 13.3 Å². The lowest BCUT2D eigenvalue weighted by atomic mass is 9.44. The van der Waals surface area contributed by atoms with E-state index in [1.807, 2.05) is 6.92 Å². The molecular weight excluding hydrogens is 703 g/mol. The first-order valence-corrected chi connectivity index (χ1v) is 18.5. The molecule has 3 N–H and O–H groups in total. The summed E-state index contributed by atoms with van der Waals surface area (Å²) in [7, 11) is 0. The number of fused-ring (bicyclic) bond motifs is 5. The smallest absolute Gasteiger partial charge is 0.432 e. The van der Waals surface area contributed by atoms with Crippen LogP contribution in [0, 0.1) is 40.3 Å². The Morgan fingerprint density at radius 2 is 1.53 bits per heavy atom. The van der Waals surface area contributed by atoms with Crippen LogP contribution in [0.4, 0.5) is 14.0 Å². The maximum atomic E-state index is 13.6. The lowest BCUT2D eigenvalue weighted by Gasteiger charge is -2.61. The molecule has 5 unspecified atom stereocenters. The van der Waals surface area contributed by atoms with Gasteiger partial charge in [-0.25, -0.2) is 14.4 Å². The van der Waals surface area contributed by atoms with Crippen LogP contribution in [0.2, 0.25) is 0 Å². The Labute approximate surface area is 306 Å². The van der Waals surface area contributed by atoms with Crippen LogP contribution in [-0.2, 0) is 44.7 Å². The van der Waals surface area contributed by atoms with Crippen LogP contribution in [0.25, 0.3) is 0 Å². The maximum absolute atomic E-state index is 13.6. The van der Waals surface area contributed by atoms with Crippen LogP contribution in [0.5, 0.6) is 0 Å². The van der Waals surface area contributed by atoms with Crippen molar-refractivity contribution in [2.75, 3.05) is 59.5 Å². The van der Waals surface area contributed by atoms with Crippen molar-refractivity contribution in [3.63, 3.8) is 0 Å². The van der Waals surface area contributed by atoms with Gasteiger partial charge in [0.05, 0.1) is 52.4 Å². The molecule has 0 radical (unpaired) electrons. The van der Waals surface area contributed by atoms with Crippen molar-refractivity contribution in [3.05, 3.63) is 32.9 Å². The number of hydrogen-bond acceptors (Lipinski definition) is 14. The lowest BCUT2D eigenvalue weighted by molar-refractivity contribution is -0.175. The van der Waals surface area contributed by atoms with Crippen molar-refractivity contribution in [2.24, 2.45) is 34.5 Å². The summed E-state index contributed by atoms with van der Waals surface area (Å²) in [6.45, 7) is 4.74. The molecule has 4 fully saturated rings. The molecule has 0 aromatic carbocycles. The number of H-pyrrole nitrogens is 1. The molecular formula is C36H53FN2O14. The zero-order chi connectivity index (χ0) is 38.2. The minimum Gasteiger partial charge on any atom is -0.432 e. The van der Waals surface area contributed by atoms with Crippen LogP contribution >= 0.6 is 0 Å². The van der Waals surface area contributed by atoms with Crippen molar-refractivity contribution < 1.29 is 62.1 Å². The molecule has 1 heterocycles. The van der Waals surface area contributed by atoms with E-state index < -0.39 is 59.5 Å². The van der Waals surface area contributed by atoms with Crippen molar-refractivity contribution in [1.82, 2.24) is 9.55 Å². The summed E-state index contributed by atoms with van der Waals surface area (Å²) >= 11 is 0. The zero-order valence-electron chi connectivity index (χ0n) is 30.5. The highest BCUT2D eigenvalue weighted by atomic mass is 19.1. The fourth-order valence-electron chi connectivity index (χ4n) is 9.75. The first-order chi connectivity index (χ1) is 25.3. The number of rotatable bonds is 17. The molecule has 1 aromatic heterocycles. The number of halogens is 1. The molecule has 0 bridgehead atoms. The Hall–Kier alpha value is -3.38. The topological polar surface area (TPSA) is 211 Å². The number of aromatic amines is 1. The van der Waals surface area contributed by atoms with Gasteiger partial charge in [-0.2, -0.15) is 4.39 Å². The normalized spacial score (nSPS) is 31.8. The highest BCUT2D eigenvalue weighted by molar-refractivity contribution is 5.90. The fourth-order valence-corrected chi connectivity index (χ4v) is 9.75. The van der Waals surface area contributed by atoms with E-state index in [2.05, 4.69) is 6.92 Å². The predicted octanol–water partition coefficient (Wildman–Crippen LogP) is 2.69. The molecule has 0 saturated heterocycles. The van der Waals surface area contributed by atoms with Gasteiger partial charge in [-0.15, -0.1) is 0 Å². The lowest BCUT2D eigenvalue weighted by Crippen LogP contribution is -2.59. The van der Waals surface area contributed by atoms with E-state index in [9.17, 15) is 33.5 Å². The number of nitrogens with one attached hydrogen (secondary N) is 1. The Kier molecular flexibility index (Phi) is 13.7. The summed E-state index contributed by atoms with van der Waals surface area (Å²) < 4.78 is 50.8. The van der Waals surface area contributed by atoms with Gasteiger partial charge in [-0.05, 0) is 86.9 Å². The average molecular weight is 757 g/mol. The zero-order valence-corrected chi connectivity index (χ0v) is 30.5. The van der Waals surface area contributed by atoms with Gasteiger partial charge in [0.2, 0.25) is 11.6 Å². The average Bonchev–Trinajstić information content (AvgIpc) is 3.41. The highest BCUT2D eigenvalue weighted by Crippen LogP contribution is 2.68. The molecule has 4 saturated carbocycles.